The molecule has 0 aliphatic carbocycles. The minimum absolute atomic E-state index is 0.166. The molecule has 3 fully saturated rings. The van der Waals surface area contributed by atoms with Gasteiger partial charge in [0.2, 0.25) is 17.7 Å². The number of nitrogens with one attached hydrogen (secondary N) is 1. The lowest BCUT2D eigenvalue weighted by atomic mass is 9.67. The summed E-state index contributed by atoms with van der Waals surface area (Å²) in [4.78, 5) is 40.5. The highest BCUT2D eigenvalue weighted by Gasteiger charge is 2.73. The van der Waals surface area contributed by atoms with Crippen molar-refractivity contribution < 1.29 is 23.9 Å². The zero-order valence-electron chi connectivity index (χ0n) is 21.2. The molecule has 4 atom stereocenters. The standard InChI is InChI=1S/C30H27N3O5/c1-18(34)32-20-6-5-7-21(16-20)37-15-14-30-13-12-29(2,38-30)25-26(30)28(36)33(27(25)35)24-11-10-19(17-31)22-8-3-4-9-23(22)24/h3-11,16,25-26H,12-15H2,1-2H3,(H,32,34)/t25-,26+,29-,30-/m1/s1. The second-order valence-corrected chi connectivity index (χ2v) is 10.5. The Morgan fingerprint density at radius 3 is 2.61 bits per heavy atom. The largest absolute Gasteiger partial charge is 0.493 e. The summed E-state index contributed by atoms with van der Waals surface area (Å²) in [6.07, 6.45) is 1.81. The Balaban J connectivity index is 1.28. The number of amides is 3. The Morgan fingerprint density at radius 1 is 1.08 bits per heavy atom. The highest BCUT2D eigenvalue weighted by molar-refractivity contribution is 6.26. The Morgan fingerprint density at radius 2 is 1.84 bits per heavy atom. The summed E-state index contributed by atoms with van der Waals surface area (Å²) in [6, 6.07) is 20.0. The first-order chi connectivity index (χ1) is 18.3. The summed E-state index contributed by atoms with van der Waals surface area (Å²) < 4.78 is 12.5. The highest BCUT2D eigenvalue weighted by atomic mass is 16.5. The fourth-order valence-electron chi connectivity index (χ4n) is 6.63. The van der Waals surface area contributed by atoms with Gasteiger partial charge < -0.3 is 14.8 Å². The maximum atomic E-state index is 14.0. The summed E-state index contributed by atoms with van der Waals surface area (Å²) in [5.41, 5.74) is 0.127. The van der Waals surface area contributed by atoms with E-state index >= 15 is 0 Å². The highest BCUT2D eigenvalue weighted by Crippen LogP contribution is 2.62. The first-order valence-corrected chi connectivity index (χ1v) is 12.8. The summed E-state index contributed by atoms with van der Waals surface area (Å²) in [5, 5.41) is 13.7. The van der Waals surface area contributed by atoms with E-state index in [9.17, 15) is 19.6 Å². The smallest absolute Gasteiger partial charge is 0.240 e. The normalized spacial score (nSPS) is 27.4. The van der Waals surface area contributed by atoms with Gasteiger partial charge in [0.05, 0.1) is 47.0 Å². The predicted molar refractivity (Wildman–Crippen MR) is 140 cm³/mol. The molecule has 1 N–H and O–H groups in total. The monoisotopic (exact) mass is 509 g/mol. The van der Waals surface area contributed by atoms with Gasteiger partial charge in [-0.2, -0.15) is 5.26 Å². The molecule has 0 saturated carbocycles. The molecule has 0 spiro atoms. The zero-order valence-corrected chi connectivity index (χ0v) is 21.2. The van der Waals surface area contributed by atoms with Crippen molar-refractivity contribution in [2.24, 2.45) is 11.8 Å². The lowest BCUT2D eigenvalue weighted by Gasteiger charge is -2.31. The Bertz CT molecular complexity index is 1540. The third-order valence-electron chi connectivity index (χ3n) is 8.22. The number of hydrogen-bond donors (Lipinski definition) is 1. The van der Waals surface area contributed by atoms with Crippen LogP contribution in [0.1, 0.15) is 38.7 Å². The molecule has 3 amide bonds. The van der Waals surface area contributed by atoms with Crippen LogP contribution in [0.2, 0.25) is 0 Å². The number of nitrogens with zero attached hydrogens (tertiary/aromatic N) is 2. The van der Waals surface area contributed by atoms with Gasteiger partial charge in [-0.3, -0.25) is 14.4 Å². The first kappa shape index (κ1) is 24.1. The van der Waals surface area contributed by atoms with Crippen LogP contribution in [0.3, 0.4) is 0 Å². The topological polar surface area (TPSA) is 109 Å². The Kier molecular flexibility index (Phi) is 5.51. The molecule has 2 bridgehead atoms. The molecule has 6 rings (SSSR count). The quantitative estimate of drug-likeness (QED) is 0.488. The molecule has 3 aromatic carbocycles. The van der Waals surface area contributed by atoms with E-state index in [1.54, 1.807) is 30.3 Å². The van der Waals surface area contributed by atoms with E-state index in [-0.39, 0.29) is 17.7 Å². The minimum atomic E-state index is -0.793. The van der Waals surface area contributed by atoms with Crippen molar-refractivity contribution in [3.63, 3.8) is 0 Å². The molecule has 0 radical (unpaired) electrons. The zero-order chi connectivity index (χ0) is 26.7. The number of fused-ring (bicyclic) bond motifs is 6. The SMILES string of the molecule is CC(=O)Nc1cccc(OCC[C@@]23CC[C@@](C)(O2)[C@H]2C(=O)N(c4ccc(C#N)c5ccccc45)C(=O)[C@H]23)c1. The number of anilines is 2. The van der Waals surface area contributed by atoms with Gasteiger partial charge in [-0.05, 0) is 44.0 Å². The molecule has 38 heavy (non-hydrogen) atoms. The van der Waals surface area contributed by atoms with Gasteiger partial charge in [0.1, 0.15) is 5.75 Å². The van der Waals surface area contributed by atoms with E-state index in [1.807, 2.05) is 37.3 Å². The van der Waals surface area contributed by atoms with E-state index in [1.165, 1.54) is 11.8 Å². The molecular formula is C30H27N3O5. The fourth-order valence-corrected chi connectivity index (χ4v) is 6.63. The molecule has 3 saturated heterocycles. The van der Waals surface area contributed by atoms with Gasteiger partial charge in [-0.25, -0.2) is 4.90 Å². The van der Waals surface area contributed by atoms with Crippen molar-refractivity contribution >= 4 is 39.9 Å². The molecule has 3 aromatic rings. The van der Waals surface area contributed by atoms with E-state index < -0.39 is 23.0 Å². The average Bonchev–Trinajstić information content (AvgIpc) is 3.47. The van der Waals surface area contributed by atoms with E-state index in [0.29, 0.717) is 59.3 Å². The summed E-state index contributed by atoms with van der Waals surface area (Å²) in [7, 11) is 0. The van der Waals surface area contributed by atoms with Crippen molar-refractivity contribution in [2.45, 2.75) is 44.3 Å². The number of hydrogen-bond acceptors (Lipinski definition) is 6. The molecule has 0 unspecified atom stereocenters. The first-order valence-electron chi connectivity index (χ1n) is 12.8. The van der Waals surface area contributed by atoms with Crippen LogP contribution in [0.25, 0.3) is 10.8 Å². The van der Waals surface area contributed by atoms with Crippen LogP contribution in [0.5, 0.6) is 5.75 Å². The lowest BCUT2D eigenvalue weighted by molar-refractivity contribution is -0.131. The minimum Gasteiger partial charge on any atom is -0.493 e. The second-order valence-electron chi connectivity index (χ2n) is 10.5. The molecule has 8 nitrogen and oxygen atoms in total. The molecule has 192 valence electrons. The van der Waals surface area contributed by atoms with Gasteiger partial charge in [0, 0.05) is 35.9 Å². The van der Waals surface area contributed by atoms with Gasteiger partial charge in [0.25, 0.3) is 0 Å². The molecule has 8 heteroatoms. The maximum Gasteiger partial charge on any atom is 0.240 e. The Hall–Kier alpha value is -4.22. The molecular weight excluding hydrogens is 482 g/mol. The number of imide groups is 1. The van der Waals surface area contributed by atoms with Crippen molar-refractivity contribution in [2.75, 3.05) is 16.8 Å². The van der Waals surface area contributed by atoms with Crippen LogP contribution >= 0.6 is 0 Å². The Labute approximate surface area is 220 Å². The number of carbonyl (C=O) groups excluding carboxylic acids is 3. The average molecular weight is 510 g/mol. The van der Waals surface area contributed by atoms with Gasteiger partial charge in [-0.1, -0.05) is 30.3 Å². The number of rotatable bonds is 6. The maximum absolute atomic E-state index is 14.0. The van der Waals surface area contributed by atoms with Gasteiger partial charge in [0.15, 0.2) is 0 Å². The van der Waals surface area contributed by atoms with Gasteiger partial charge >= 0.3 is 0 Å². The number of benzene rings is 3. The summed E-state index contributed by atoms with van der Waals surface area (Å²) in [5.74, 6) is -1.24. The summed E-state index contributed by atoms with van der Waals surface area (Å²) >= 11 is 0. The lowest BCUT2D eigenvalue weighted by Crippen LogP contribution is -2.43. The van der Waals surface area contributed by atoms with E-state index in [2.05, 4.69) is 11.4 Å². The van der Waals surface area contributed by atoms with Crippen molar-refractivity contribution in [1.29, 1.82) is 5.26 Å². The molecule has 3 heterocycles. The van der Waals surface area contributed by atoms with Crippen LogP contribution in [-0.2, 0) is 19.1 Å². The molecule has 3 aliphatic rings. The van der Waals surface area contributed by atoms with Crippen LogP contribution in [-0.4, -0.2) is 35.5 Å². The van der Waals surface area contributed by atoms with Crippen LogP contribution < -0.4 is 15.0 Å². The number of carbonyl (C=O) groups is 3. The summed E-state index contributed by atoms with van der Waals surface area (Å²) in [6.45, 7) is 3.67. The van der Waals surface area contributed by atoms with Crippen molar-refractivity contribution in [3.8, 4) is 11.8 Å². The third-order valence-corrected chi connectivity index (χ3v) is 8.22. The molecule has 0 aromatic heterocycles. The van der Waals surface area contributed by atoms with E-state index in [4.69, 9.17) is 9.47 Å². The van der Waals surface area contributed by atoms with Crippen molar-refractivity contribution in [1.82, 2.24) is 0 Å². The van der Waals surface area contributed by atoms with Gasteiger partial charge in [-0.15, -0.1) is 0 Å². The predicted octanol–water partition coefficient (Wildman–Crippen LogP) is 4.57. The van der Waals surface area contributed by atoms with Crippen molar-refractivity contribution in [3.05, 3.63) is 66.2 Å². The fraction of sp³-hybridized carbons (Fsp3) is 0.333. The van der Waals surface area contributed by atoms with Crippen LogP contribution in [0.4, 0.5) is 11.4 Å². The van der Waals surface area contributed by atoms with Crippen LogP contribution in [0.15, 0.2) is 60.7 Å². The molecule has 3 aliphatic heterocycles. The van der Waals surface area contributed by atoms with E-state index in [0.717, 1.165) is 0 Å². The number of nitriles is 1. The second kappa shape index (κ2) is 8.67. The van der Waals surface area contributed by atoms with Crippen LogP contribution in [0, 0.1) is 23.2 Å². The third kappa shape index (κ3) is 3.57. The number of ether oxygens (including phenoxy) is 2.